The Bertz CT molecular complexity index is 4250. The minimum absolute atomic E-state index is 0. The van der Waals surface area contributed by atoms with Gasteiger partial charge in [0.2, 0.25) is 23.7 Å². The smallest absolute Gasteiger partial charge is 0.270 e. The summed E-state index contributed by atoms with van der Waals surface area (Å²) in [5.41, 5.74) is 3.49. The quantitative estimate of drug-likeness (QED) is 0.0254. The van der Waals surface area contributed by atoms with Crippen LogP contribution in [-0.2, 0) is 58.1 Å². The Hall–Kier alpha value is -7.53. The lowest BCUT2D eigenvalue weighted by molar-refractivity contribution is -0.125. The van der Waals surface area contributed by atoms with Crippen LogP contribution in [-0.4, -0.2) is 106 Å². The number of nitrogens with zero attached hydrogens (tertiary/aromatic N) is 9. The normalized spacial score (nSPS) is 19.5. The van der Waals surface area contributed by atoms with E-state index in [0.717, 1.165) is 34.3 Å². The van der Waals surface area contributed by atoms with E-state index in [1.165, 1.54) is 33.5 Å². The molecule has 30 heteroatoms. The average molecular weight is 1500 g/mol. The van der Waals surface area contributed by atoms with Crippen LogP contribution in [0.25, 0.3) is 0 Å². The molecule has 6 amide bonds. The molecule has 0 unspecified atom stereocenters. The lowest BCUT2D eigenvalue weighted by Crippen LogP contribution is -2.55. The number of nitriles is 2. The first-order chi connectivity index (χ1) is 45.3. The number of nitrogens with one attached hydrogen (secondary N) is 4. The highest BCUT2D eigenvalue weighted by Gasteiger charge is 2.60. The fraction of sp³-hybridized carbons (Fsp3) is 0.364. The SMILES string of the molecule is CCOC(CBr)OCC.C[C@@]1(Cc2ccc(C#N)cc2)C(=O)N(c2cc(Cl)cc(Cl)c2)c2ncc(C(=O)NC3(C(=O)NC4(C(N)=S)CC4)CC3)n21.C[C@@]1(Cc2ccc(C#N)cc2)C(=O)N(c2cc(Cl)cc(Cl)c2)c2ncc(C(=O)NC3(C(=O)NC4(c5nccs5)CC4)CC3)n21.Cl. The van der Waals surface area contributed by atoms with Crippen molar-refractivity contribution in [3.05, 3.63) is 168 Å². The van der Waals surface area contributed by atoms with Gasteiger partial charge in [-0.1, -0.05) is 98.8 Å². The lowest BCUT2D eigenvalue weighted by atomic mass is 9.91. The van der Waals surface area contributed by atoms with Crippen LogP contribution >= 0.6 is 98.3 Å². The van der Waals surface area contributed by atoms with Crippen LogP contribution in [0.5, 0.6) is 0 Å². The number of fused-ring (bicyclic) bond motifs is 2. The molecule has 2 aliphatic heterocycles. The molecule has 0 bridgehead atoms. The summed E-state index contributed by atoms with van der Waals surface area (Å²) in [4.78, 5) is 99.4. The summed E-state index contributed by atoms with van der Waals surface area (Å²) in [6, 6.07) is 27.5. The van der Waals surface area contributed by atoms with E-state index in [2.05, 4.69) is 64.3 Å². The van der Waals surface area contributed by atoms with E-state index in [4.69, 9.17) is 73.8 Å². The molecule has 5 heterocycles. The number of imidazole rings is 2. The Kier molecular flexibility index (Phi) is 20.9. The Morgan fingerprint density at radius 3 is 1.35 bits per heavy atom. The summed E-state index contributed by atoms with van der Waals surface area (Å²) in [7, 11) is 0. The summed E-state index contributed by atoms with van der Waals surface area (Å²) < 4.78 is 13.5. The second-order valence-corrected chi connectivity index (χ2v) is 28.2. The largest absolute Gasteiger partial charge is 0.391 e. The van der Waals surface area contributed by atoms with Gasteiger partial charge >= 0.3 is 0 Å². The fourth-order valence-electron chi connectivity index (χ4n) is 11.8. The third-order valence-electron chi connectivity index (χ3n) is 17.6. The van der Waals surface area contributed by atoms with Crippen molar-refractivity contribution in [3.8, 4) is 12.1 Å². The molecule has 500 valence electrons. The Morgan fingerprint density at radius 1 is 0.635 bits per heavy atom. The molecule has 0 radical (unpaired) electrons. The van der Waals surface area contributed by atoms with Crippen molar-refractivity contribution in [2.75, 3.05) is 28.3 Å². The molecule has 6 aliphatic rings. The number of carbonyl (C=O) groups is 6. The second kappa shape index (κ2) is 28.1. The molecule has 96 heavy (non-hydrogen) atoms. The standard InChI is InChI=1S/C31H25Cl2N7O3S.C29H25Cl2N7O3S.C6H13BrO2.ClH/c1-29(15-18-2-4-19(16-34)5-3-18)27(43)39(22-13-20(32)12-21(33)14-22)28-36-17-23(40(28)29)24(41)37-30(6-7-30)25(42)38-31(8-9-31)26-35-10-11-44-26;1-27(13-16-2-4-17(14-32)5-3-16)25(41)37(20-11-18(30)10-19(31)12-20)26-34-15-21(38(26)27)22(39)35-29(8-9-29)24(40)36-28(6-7-28)23(33)42;1-3-8-6(5-7)9-4-2;/h2-5,10-14,17H,6-9,15H2,1H3,(H,37,41)(H,38,42);2-5,10-12,15H,6-9,13H2,1H3,(H2,33,42)(H,35,39)(H,36,40);6H,3-5H2,1-2H3;1H/t29-;27-;;/m11../s1. The van der Waals surface area contributed by atoms with Crippen LogP contribution in [0.2, 0.25) is 20.1 Å². The highest BCUT2D eigenvalue weighted by molar-refractivity contribution is 9.09. The summed E-state index contributed by atoms with van der Waals surface area (Å²) >= 11 is 35.0. The van der Waals surface area contributed by atoms with E-state index in [0.29, 0.717) is 94.3 Å². The maximum absolute atomic E-state index is 14.3. The molecule has 2 atom stereocenters. The lowest BCUT2D eigenvalue weighted by Gasteiger charge is -2.27. The molecule has 22 nitrogen and oxygen atoms in total. The number of halogens is 6. The van der Waals surface area contributed by atoms with E-state index in [1.54, 1.807) is 114 Å². The molecule has 13 rings (SSSR count). The van der Waals surface area contributed by atoms with Gasteiger partial charge < -0.3 is 36.5 Å². The number of hydrogen-bond donors (Lipinski definition) is 5. The van der Waals surface area contributed by atoms with Crippen molar-refractivity contribution in [1.29, 1.82) is 10.5 Å². The van der Waals surface area contributed by atoms with Gasteiger partial charge in [0.15, 0.2) is 6.29 Å². The number of benzene rings is 4. The van der Waals surface area contributed by atoms with Gasteiger partial charge in [-0.3, -0.25) is 37.9 Å². The monoisotopic (exact) mass is 1500 g/mol. The van der Waals surface area contributed by atoms with Crippen molar-refractivity contribution in [2.45, 2.75) is 131 Å². The first-order valence-corrected chi connectivity index (χ1v) is 34.3. The minimum atomic E-state index is -1.30. The van der Waals surface area contributed by atoms with Crippen molar-refractivity contribution in [2.24, 2.45) is 5.73 Å². The number of nitrogens with two attached hydrogens (primary N) is 1. The molecule has 0 spiro atoms. The Labute approximate surface area is 597 Å². The second-order valence-electron chi connectivity index (χ2n) is 24.5. The molecule has 4 fully saturated rings. The van der Waals surface area contributed by atoms with E-state index < -0.39 is 45.0 Å². The molecular weight excluding hydrogens is 1440 g/mol. The fourth-order valence-corrected chi connectivity index (χ4v) is 14.3. The first-order valence-electron chi connectivity index (χ1n) is 30.4. The van der Waals surface area contributed by atoms with Crippen LogP contribution in [0.3, 0.4) is 0 Å². The number of hydrogen-bond acceptors (Lipinski definition) is 15. The summed E-state index contributed by atoms with van der Waals surface area (Å²) in [5, 5.41) is 35.2. The van der Waals surface area contributed by atoms with Gasteiger partial charge in [-0.05, 0) is 151 Å². The van der Waals surface area contributed by atoms with Crippen molar-refractivity contribution < 1.29 is 38.2 Å². The maximum atomic E-state index is 14.3. The van der Waals surface area contributed by atoms with Crippen LogP contribution in [0.4, 0.5) is 23.3 Å². The molecule has 4 aliphatic carbocycles. The number of thiocarbonyl (C=S) groups is 1. The number of carbonyl (C=O) groups excluding carboxylic acids is 6. The van der Waals surface area contributed by atoms with Gasteiger partial charge in [0, 0.05) is 57.7 Å². The molecular formula is C66H64BrCl5N14O8S2. The average Bonchev–Trinajstić information content (AvgIpc) is 1.56. The number of thiazole rings is 1. The summed E-state index contributed by atoms with van der Waals surface area (Å²) in [6.45, 7) is 8.78. The van der Waals surface area contributed by atoms with Gasteiger partial charge in [-0.15, -0.1) is 23.7 Å². The minimum Gasteiger partial charge on any atom is -0.391 e. The van der Waals surface area contributed by atoms with E-state index in [-0.39, 0.29) is 83.4 Å². The molecule has 6 N–H and O–H groups in total. The van der Waals surface area contributed by atoms with Gasteiger partial charge in [0.05, 0.1) is 68.4 Å². The third kappa shape index (κ3) is 14.1. The predicted octanol–water partition coefficient (Wildman–Crippen LogP) is 11.3. The van der Waals surface area contributed by atoms with E-state index >= 15 is 0 Å². The van der Waals surface area contributed by atoms with Crippen LogP contribution < -0.4 is 36.8 Å². The number of rotatable bonds is 21. The zero-order valence-electron chi connectivity index (χ0n) is 52.1. The topological polar surface area (TPSA) is 298 Å². The maximum Gasteiger partial charge on any atom is 0.270 e. The Morgan fingerprint density at radius 2 is 1.03 bits per heavy atom. The highest BCUT2D eigenvalue weighted by atomic mass is 79.9. The van der Waals surface area contributed by atoms with E-state index in [9.17, 15) is 39.3 Å². The molecule has 4 aromatic carbocycles. The number of anilines is 4. The van der Waals surface area contributed by atoms with Crippen molar-refractivity contribution >= 4 is 162 Å². The summed E-state index contributed by atoms with van der Waals surface area (Å²) in [5.74, 6) is -1.90. The summed E-state index contributed by atoms with van der Waals surface area (Å²) in [6.07, 6.45) is 9.65. The van der Waals surface area contributed by atoms with Crippen LogP contribution in [0.15, 0.2) is 109 Å². The molecule has 4 saturated carbocycles. The van der Waals surface area contributed by atoms with Gasteiger partial charge in [0.25, 0.3) is 23.6 Å². The van der Waals surface area contributed by atoms with Gasteiger partial charge in [-0.2, -0.15) is 10.5 Å². The predicted molar refractivity (Wildman–Crippen MR) is 374 cm³/mol. The van der Waals surface area contributed by atoms with Crippen molar-refractivity contribution in [1.82, 2.24) is 45.4 Å². The van der Waals surface area contributed by atoms with Gasteiger partial charge in [0.1, 0.15) is 38.6 Å². The molecule has 7 aromatic rings. The number of ether oxygens (including phenoxy) is 2. The molecule has 3 aromatic heterocycles. The van der Waals surface area contributed by atoms with Gasteiger partial charge in [-0.25, -0.2) is 24.8 Å². The Balaban J connectivity index is 0.000000184. The number of alkyl halides is 1. The molecule has 0 saturated heterocycles. The zero-order valence-corrected chi connectivity index (χ0v) is 59.2. The third-order valence-corrected chi connectivity index (χ3v) is 20.3. The number of aromatic nitrogens is 5. The first kappa shape index (κ1) is 71.2. The van der Waals surface area contributed by atoms with Crippen molar-refractivity contribution in [3.63, 3.8) is 0 Å². The zero-order chi connectivity index (χ0) is 68.0. The van der Waals surface area contributed by atoms with E-state index in [1.807, 2.05) is 19.2 Å². The number of amides is 6. The highest BCUT2D eigenvalue weighted by Crippen LogP contribution is 2.50. The van der Waals surface area contributed by atoms with Crippen LogP contribution in [0, 0.1) is 22.7 Å². The van der Waals surface area contributed by atoms with Crippen LogP contribution in [0.1, 0.15) is 127 Å².